The molecule has 0 atom stereocenters. The minimum absolute atomic E-state index is 0.214. The van der Waals surface area contributed by atoms with Crippen molar-refractivity contribution in [1.82, 2.24) is 5.32 Å². The Morgan fingerprint density at radius 3 is 2.78 bits per heavy atom. The Bertz CT molecular complexity index is 674. The number of rotatable bonds is 5. The van der Waals surface area contributed by atoms with E-state index < -0.39 is 0 Å². The van der Waals surface area contributed by atoms with Crippen LogP contribution in [-0.2, 0) is 6.42 Å². The standard InChI is InChI=1S/C16H18N2O3S2/c1-22-15-10-14-13(20-6-7-21-14)9-12(15)18-16(19)17-5-4-11-3-2-8-23-11/h2-3,8-10H,4-7H2,1H3,(H2,17,18,19). The van der Waals surface area contributed by atoms with Gasteiger partial charge in [-0.05, 0) is 30.2 Å². The average molecular weight is 350 g/mol. The monoisotopic (exact) mass is 350 g/mol. The van der Waals surface area contributed by atoms with Gasteiger partial charge >= 0.3 is 6.03 Å². The summed E-state index contributed by atoms with van der Waals surface area (Å²) in [7, 11) is 0. The number of carbonyl (C=O) groups excluding carboxylic acids is 1. The lowest BCUT2D eigenvalue weighted by molar-refractivity contribution is 0.171. The fourth-order valence-corrected chi connectivity index (χ4v) is 3.52. The Balaban J connectivity index is 1.60. The van der Waals surface area contributed by atoms with Gasteiger partial charge in [-0.25, -0.2) is 4.79 Å². The fraction of sp³-hybridized carbons (Fsp3) is 0.312. The van der Waals surface area contributed by atoms with Crippen molar-refractivity contribution in [2.24, 2.45) is 0 Å². The van der Waals surface area contributed by atoms with Crippen LogP contribution < -0.4 is 20.1 Å². The molecule has 0 saturated carbocycles. The summed E-state index contributed by atoms with van der Waals surface area (Å²) in [4.78, 5) is 14.3. The third-order valence-electron chi connectivity index (χ3n) is 3.35. The Hall–Kier alpha value is -1.86. The third-order valence-corrected chi connectivity index (χ3v) is 5.06. The van der Waals surface area contributed by atoms with E-state index in [9.17, 15) is 4.79 Å². The van der Waals surface area contributed by atoms with Gasteiger partial charge in [-0.1, -0.05) is 6.07 Å². The van der Waals surface area contributed by atoms with E-state index in [1.165, 1.54) is 4.88 Å². The quantitative estimate of drug-likeness (QED) is 0.809. The maximum absolute atomic E-state index is 12.1. The molecule has 23 heavy (non-hydrogen) atoms. The lowest BCUT2D eigenvalue weighted by Gasteiger charge is -2.21. The molecule has 0 bridgehead atoms. The zero-order chi connectivity index (χ0) is 16.1. The van der Waals surface area contributed by atoms with Gasteiger partial charge in [-0.15, -0.1) is 23.1 Å². The molecule has 2 amide bonds. The lowest BCUT2D eigenvalue weighted by atomic mass is 10.2. The molecule has 1 aliphatic heterocycles. The van der Waals surface area contributed by atoms with Crippen molar-refractivity contribution in [3.05, 3.63) is 34.5 Å². The number of hydrogen-bond acceptors (Lipinski definition) is 5. The summed E-state index contributed by atoms with van der Waals surface area (Å²) in [5.41, 5.74) is 0.732. The molecule has 2 N–H and O–H groups in total. The number of benzene rings is 1. The SMILES string of the molecule is CSc1cc2c(cc1NC(=O)NCCc1cccs1)OCCO2. The van der Waals surface area contributed by atoms with Crippen molar-refractivity contribution >= 4 is 34.8 Å². The van der Waals surface area contributed by atoms with Crippen molar-refractivity contribution in [3.63, 3.8) is 0 Å². The van der Waals surface area contributed by atoms with E-state index in [2.05, 4.69) is 16.7 Å². The van der Waals surface area contributed by atoms with Crippen LogP contribution in [0.3, 0.4) is 0 Å². The normalized spacial score (nSPS) is 12.7. The van der Waals surface area contributed by atoms with Gasteiger partial charge in [-0.2, -0.15) is 0 Å². The number of ether oxygens (including phenoxy) is 2. The molecule has 0 unspecified atom stereocenters. The van der Waals surface area contributed by atoms with Gasteiger partial charge in [0.15, 0.2) is 11.5 Å². The van der Waals surface area contributed by atoms with Crippen LogP contribution in [0.1, 0.15) is 4.88 Å². The highest BCUT2D eigenvalue weighted by Gasteiger charge is 2.16. The van der Waals surface area contributed by atoms with E-state index in [0.29, 0.717) is 25.5 Å². The molecule has 7 heteroatoms. The smallest absolute Gasteiger partial charge is 0.319 e. The van der Waals surface area contributed by atoms with Crippen LogP contribution in [0.15, 0.2) is 34.5 Å². The first kappa shape index (κ1) is 16.0. The number of fused-ring (bicyclic) bond motifs is 1. The molecule has 3 rings (SSSR count). The first-order valence-corrected chi connectivity index (χ1v) is 9.41. The molecule has 1 aromatic heterocycles. The molecule has 0 saturated heterocycles. The van der Waals surface area contributed by atoms with Crippen LogP contribution in [0.25, 0.3) is 0 Å². The summed E-state index contributed by atoms with van der Waals surface area (Å²) < 4.78 is 11.1. The van der Waals surface area contributed by atoms with Gasteiger partial charge in [0, 0.05) is 22.4 Å². The van der Waals surface area contributed by atoms with Crippen LogP contribution >= 0.6 is 23.1 Å². The van der Waals surface area contributed by atoms with Gasteiger partial charge < -0.3 is 20.1 Å². The molecular formula is C16H18N2O3S2. The summed E-state index contributed by atoms with van der Waals surface area (Å²) in [6.45, 7) is 1.68. The number of amides is 2. The number of thioether (sulfide) groups is 1. The molecule has 0 fully saturated rings. The fourth-order valence-electron chi connectivity index (χ4n) is 2.26. The van der Waals surface area contributed by atoms with E-state index in [1.807, 2.05) is 29.8 Å². The second-order valence-corrected chi connectivity index (χ2v) is 6.79. The average Bonchev–Trinajstić information content (AvgIpc) is 3.07. The van der Waals surface area contributed by atoms with E-state index in [0.717, 1.165) is 22.8 Å². The summed E-state index contributed by atoms with van der Waals surface area (Å²) >= 11 is 3.25. The zero-order valence-corrected chi connectivity index (χ0v) is 14.4. The van der Waals surface area contributed by atoms with Crippen LogP contribution in [-0.4, -0.2) is 32.0 Å². The van der Waals surface area contributed by atoms with Gasteiger partial charge in [0.05, 0.1) is 5.69 Å². The van der Waals surface area contributed by atoms with Crippen molar-refractivity contribution in [2.75, 3.05) is 31.3 Å². The molecule has 122 valence electrons. The van der Waals surface area contributed by atoms with Crippen LogP contribution in [0.2, 0.25) is 0 Å². The minimum atomic E-state index is -0.214. The molecule has 2 aromatic rings. The molecular weight excluding hydrogens is 332 g/mol. The molecule has 0 spiro atoms. The number of nitrogens with one attached hydrogen (secondary N) is 2. The third kappa shape index (κ3) is 4.11. The number of hydrogen-bond donors (Lipinski definition) is 2. The molecule has 1 aliphatic rings. The topological polar surface area (TPSA) is 59.6 Å². The highest BCUT2D eigenvalue weighted by Crippen LogP contribution is 2.39. The number of carbonyl (C=O) groups is 1. The van der Waals surface area contributed by atoms with Crippen molar-refractivity contribution in [1.29, 1.82) is 0 Å². The lowest BCUT2D eigenvalue weighted by Crippen LogP contribution is -2.30. The van der Waals surface area contributed by atoms with Gasteiger partial charge in [0.1, 0.15) is 13.2 Å². The Kier molecular flexibility index (Phi) is 5.30. The molecule has 1 aromatic carbocycles. The van der Waals surface area contributed by atoms with Crippen LogP contribution in [0.4, 0.5) is 10.5 Å². The van der Waals surface area contributed by atoms with Gasteiger partial charge in [0.25, 0.3) is 0 Å². The molecule has 0 aliphatic carbocycles. The Morgan fingerprint density at radius 2 is 2.09 bits per heavy atom. The summed E-state index contributed by atoms with van der Waals surface area (Å²) in [6.07, 6.45) is 2.80. The largest absolute Gasteiger partial charge is 0.486 e. The van der Waals surface area contributed by atoms with Crippen molar-refractivity contribution in [3.8, 4) is 11.5 Å². The highest BCUT2D eigenvalue weighted by molar-refractivity contribution is 7.98. The predicted molar refractivity (Wildman–Crippen MR) is 94.3 cm³/mol. The predicted octanol–water partition coefficient (Wildman–Crippen LogP) is 3.61. The summed E-state index contributed by atoms with van der Waals surface area (Å²) in [5.74, 6) is 1.40. The van der Waals surface area contributed by atoms with E-state index in [-0.39, 0.29) is 6.03 Å². The van der Waals surface area contributed by atoms with E-state index in [1.54, 1.807) is 23.1 Å². The summed E-state index contributed by atoms with van der Waals surface area (Å²) in [6, 6.07) is 7.59. The van der Waals surface area contributed by atoms with Crippen LogP contribution in [0.5, 0.6) is 11.5 Å². The van der Waals surface area contributed by atoms with E-state index in [4.69, 9.17) is 9.47 Å². The zero-order valence-electron chi connectivity index (χ0n) is 12.8. The van der Waals surface area contributed by atoms with Gasteiger partial charge in [0.2, 0.25) is 0 Å². The maximum Gasteiger partial charge on any atom is 0.319 e. The second-order valence-electron chi connectivity index (χ2n) is 4.91. The summed E-state index contributed by atoms with van der Waals surface area (Å²) in [5, 5.41) is 7.80. The van der Waals surface area contributed by atoms with Crippen molar-refractivity contribution < 1.29 is 14.3 Å². The van der Waals surface area contributed by atoms with E-state index >= 15 is 0 Å². The maximum atomic E-state index is 12.1. The number of urea groups is 1. The van der Waals surface area contributed by atoms with Crippen LogP contribution in [0, 0.1) is 0 Å². The highest BCUT2D eigenvalue weighted by atomic mass is 32.2. The Morgan fingerprint density at radius 1 is 1.30 bits per heavy atom. The number of anilines is 1. The first-order chi connectivity index (χ1) is 11.3. The molecule has 0 radical (unpaired) electrons. The number of thiophene rings is 1. The minimum Gasteiger partial charge on any atom is -0.486 e. The first-order valence-electron chi connectivity index (χ1n) is 7.31. The molecule has 2 heterocycles. The molecule has 5 nitrogen and oxygen atoms in total. The Labute approximate surface area is 143 Å². The van der Waals surface area contributed by atoms with Gasteiger partial charge in [-0.3, -0.25) is 0 Å². The van der Waals surface area contributed by atoms with Crippen molar-refractivity contribution in [2.45, 2.75) is 11.3 Å². The second kappa shape index (κ2) is 7.61.